The van der Waals surface area contributed by atoms with Gasteiger partial charge in [0, 0.05) is 22.6 Å². The maximum atomic E-state index is 12.5. The van der Waals surface area contributed by atoms with E-state index in [4.69, 9.17) is 4.42 Å². The number of thioether (sulfide) groups is 1. The molecule has 0 amide bonds. The van der Waals surface area contributed by atoms with Gasteiger partial charge in [-0.1, -0.05) is 30.3 Å². The van der Waals surface area contributed by atoms with Crippen LogP contribution in [0.2, 0.25) is 0 Å². The van der Waals surface area contributed by atoms with Crippen molar-refractivity contribution in [2.75, 3.05) is 0 Å². The summed E-state index contributed by atoms with van der Waals surface area (Å²) < 4.78 is 5.18. The summed E-state index contributed by atoms with van der Waals surface area (Å²) in [5.74, 6) is 0.0704. The molecule has 2 heterocycles. The third-order valence-corrected chi connectivity index (χ3v) is 5.86. The molecule has 7 nitrogen and oxygen atoms in total. The van der Waals surface area contributed by atoms with Crippen LogP contribution in [-0.4, -0.2) is 21.0 Å². The Morgan fingerprint density at radius 1 is 1.21 bits per heavy atom. The van der Waals surface area contributed by atoms with E-state index in [9.17, 15) is 20.0 Å². The Kier molecular flexibility index (Phi) is 4.94. The zero-order chi connectivity index (χ0) is 20.5. The van der Waals surface area contributed by atoms with Crippen LogP contribution in [0, 0.1) is 17.0 Å². The number of rotatable bonds is 4. The molecule has 1 aromatic heterocycles. The van der Waals surface area contributed by atoms with Crippen molar-refractivity contribution in [2.45, 2.75) is 23.5 Å². The number of hydrogen-bond acceptors (Lipinski definition) is 7. The highest BCUT2D eigenvalue weighted by molar-refractivity contribution is 8.01. The number of aliphatic imine (C=N–C) groups is 1. The first-order valence-corrected chi connectivity index (χ1v) is 9.72. The lowest BCUT2D eigenvalue weighted by Gasteiger charge is -2.24. The van der Waals surface area contributed by atoms with Crippen LogP contribution in [0.1, 0.15) is 16.9 Å². The van der Waals surface area contributed by atoms with Crippen LogP contribution in [0.5, 0.6) is 5.75 Å². The molecule has 0 spiro atoms. The standard InChI is InChI=1S/C21H16N2O5S/c1-12-10-16(24)19(21(25)28-12)20-18(29-17-9-5-3-7-14(17)22-20)11-13-6-2-4-8-15(13)23(26)27/h2-10,18,24H,11H2,1H3. The van der Waals surface area contributed by atoms with Gasteiger partial charge in [-0.3, -0.25) is 15.1 Å². The minimum atomic E-state index is -0.686. The Labute approximate surface area is 169 Å². The fourth-order valence-electron chi connectivity index (χ4n) is 3.31. The van der Waals surface area contributed by atoms with Gasteiger partial charge in [-0.2, -0.15) is 0 Å². The molecule has 0 aliphatic carbocycles. The Morgan fingerprint density at radius 3 is 2.69 bits per heavy atom. The van der Waals surface area contributed by atoms with Crippen molar-refractivity contribution in [3.63, 3.8) is 0 Å². The van der Waals surface area contributed by atoms with Gasteiger partial charge in [-0.05, 0) is 25.5 Å². The summed E-state index contributed by atoms with van der Waals surface area (Å²) in [6, 6.07) is 15.3. The number of nitro benzene ring substituents is 1. The molecule has 2 aromatic carbocycles. The maximum absolute atomic E-state index is 12.5. The van der Waals surface area contributed by atoms with Crippen molar-refractivity contribution in [3.8, 4) is 5.75 Å². The number of nitro groups is 1. The number of aromatic hydroxyl groups is 1. The van der Waals surface area contributed by atoms with E-state index in [2.05, 4.69) is 4.99 Å². The molecule has 0 radical (unpaired) electrons. The molecule has 3 aromatic rings. The summed E-state index contributed by atoms with van der Waals surface area (Å²) in [4.78, 5) is 29.0. The molecular formula is C21H16N2O5S. The fourth-order valence-corrected chi connectivity index (χ4v) is 4.55. The summed E-state index contributed by atoms with van der Waals surface area (Å²) in [6.45, 7) is 1.57. The predicted molar refractivity (Wildman–Crippen MR) is 110 cm³/mol. The molecule has 146 valence electrons. The molecule has 1 aliphatic heterocycles. The third kappa shape index (κ3) is 3.66. The number of para-hydroxylation sites is 2. The average molecular weight is 408 g/mol. The van der Waals surface area contributed by atoms with Crippen LogP contribution in [0.15, 0.2) is 73.7 Å². The third-order valence-electron chi connectivity index (χ3n) is 4.58. The smallest absolute Gasteiger partial charge is 0.348 e. The van der Waals surface area contributed by atoms with E-state index >= 15 is 0 Å². The van der Waals surface area contributed by atoms with E-state index in [1.54, 1.807) is 25.1 Å². The zero-order valence-electron chi connectivity index (χ0n) is 15.4. The molecule has 0 saturated heterocycles. The predicted octanol–water partition coefficient (Wildman–Crippen LogP) is 4.40. The van der Waals surface area contributed by atoms with E-state index in [0.717, 1.165) is 4.90 Å². The van der Waals surface area contributed by atoms with Crippen molar-refractivity contribution in [3.05, 3.63) is 92.0 Å². The summed E-state index contributed by atoms with van der Waals surface area (Å²) in [7, 11) is 0. The molecule has 1 unspecified atom stereocenters. The van der Waals surface area contributed by atoms with E-state index in [-0.39, 0.29) is 29.2 Å². The van der Waals surface area contributed by atoms with Gasteiger partial charge in [0.2, 0.25) is 0 Å². The molecule has 1 atom stereocenters. The second kappa shape index (κ2) is 7.56. The first kappa shape index (κ1) is 18.9. The molecule has 0 saturated carbocycles. The average Bonchev–Trinajstić information content (AvgIpc) is 2.67. The Bertz CT molecular complexity index is 1200. The highest BCUT2D eigenvalue weighted by Gasteiger charge is 2.31. The second-order valence-electron chi connectivity index (χ2n) is 6.57. The first-order valence-electron chi connectivity index (χ1n) is 8.84. The quantitative estimate of drug-likeness (QED) is 0.507. The van der Waals surface area contributed by atoms with Gasteiger partial charge in [0.05, 0.1) is 21.6 Å². The van der Waals surface area contributed by atoms with Crippen molar-refractivity contribution in [1.82, 2.24) is 0 Å². The highest BCUT2D eigenvalue weighted by Crippen LogP contribution is 2.41. The van der Waals surface area contributed by atoms with E-state index in [1.807, 2.05) is 24.3 Å². The van der Waals surface area contributed by atoms with Gasteiger partial charge < -0.3 is 9.52 Å². The lowest BCUT2D eigenvalue weighted by atomic mass is 10.00. The van der Waals surface area contributed by atoms with Gasteiger partial charge in [0.25, 0.3) is 5.69 Å². The van der Waals surface area contributed by atoms with Crippen LogP contribution in [0.4, 0.5) is 11.4 Å². The molecule has 4 rings (SSSR count). The molecular weight excluding hydrogens is 392 g/mol. The zero-order valence-corrected chi connectivity index (χ0v) is 16.2. The lowest BCUT2D eigenvalue weighted by Crippen LogP contribution is -2.28. The van der Waals surface area contributed by atoms with Gasteiger partial charge in [0.15, 0.2) is 0 Å². The summed E-state index contributed by atoms with van der Waals surface area (Å²) in [5.41, 5.74) is 0.850. The summed E-state index contributed by atoms with van der Waals surface area (Å²) in [6.07, 6.45) is 0.266. The van der Waals surface area contributed by atoms with Crippen molar-refractivity contribution in [2.24, 2.45) is 4.99 Å². The number of nitrogens with zero attached hydrogens (tertiary/aromatic N) is 2. The molecule has 1 N–H and O–H groups in total. The fraction of sp³-hybridized carbons (Fsp3) is 0.143. The van der Waals surface area contributed by atoms with E-state index < -0.39 is 15.8 Å². The van der Waals surface area contributed by atoms with Gasteiger partial charge in [-0.25, -0.2) is 4.79 Å². The van der Waals surface area contributed by atoms with Crippen molar-refractivity contribution >= 4 is 28.8 Å². The van der Waals surface area contributed by atoms with Gasteiger partial charge >= 0.3 is 5.63 Å². The SMILES string of the molecule is Cc1cc(O)c(C2=Nc3ccccc3SC2Cc2ccccc2[N+](=O)[O-])c(=O)o1. The highest BCUT2D eigenvalue weighted by atomic mass is 32.2. The molecule has 1 aliphatic rings. The van der Waals surface area contributed by atoms with Crippen LogP contribution < -0.4 is 5.63 Å². The molecule has 29 heavy (non-hydrogen) atoms. The first-order chi connectivity index (χ1) is 13.9. The molecule has 8 heteroatoms. The number of benzene rings is 2. The second-order valence-corrected chi connectivity index (χ2v) is 7.81. The van der Waals surface area contributed by atoms with E-state index in [1.165, 1.54) is 23.9 Å². The van der Waals surface area contributed by atoms with Crippen LogP contribution in [-0.2, 0) is 6.42 Å². The number of hydrogen-bond donors (Lipinski definition) is 1. The maximum Gasteiger partial charge on any atom is 0.348 e. The minimum absolute atomic E-state index is 0.00599. The van der Waals surface area contributed by atoms with Crippen LogP contribution >= 0.6 is 11.8 Å². The van der Waals surface area contributed by atoms with Crippen LogP contribution in [0.25, 0.3) is 0 Å². The largest absolute Gasteiger partial charge is 0.507 e. The van der Waals surface area contributed by atoms with Crippen molar-refractivity contribution < 1.29 is 14.4 Å². The summed E-state index contributed by atoms with van der Waals surface area (Å²) >= 11 is 1.45. The number of fused-ring (bicyclic) bond motifs is 1. The molecule has 0 bridgehead atoms. The topological polar surface area (TPSA) is 106 Å². The Balaban J connectivity index is 1.85. The normalized spacial score (nSPS) is 15.5. The van der Waals surface area contributed by atoms with Gasteiger partial charge in [-0.15, -0.1) is 11.8 Å². The van der Waals surface area contributed by atoms with Gasteiger partial charge in [0.1, 0.15) is 17.1 Å². The van der Waals surface area contributed by atoms with Crippen molar-refractivity contribution in [1.29, 1.82) is 0 Å². The Hall–Kier alpha value is -3.39. The molecule has 0 fully saturated rings. The lowest BCUT2D eigenvalue weighted by molar-refractivity contribution is -0.385. The minimum Gasteiger partial charge on any atom is -0.507 e. The van der Waals surface area contributed by atoms with E-state index in [0.29, 0.717) is 17.0 Å². The number of aryl methyl sites for hydroxylation is 1. The monoisotopic (exact) mass is 408 g/mol. The Morgan fingerprint density at radius 2 is 1.93 bits per heavy atom. The van der Waals surface area contributed by atoms with Crippen LogP contribution in [0.3, 0.4) is 0 Å². The summed E-state index contributed by atoms with van der Waals surface area (Å²) in [5, 5.41) is 21.4.